The molecule has 0 aliphatic heterocycles. The minimum atomic E-state index is -0.328. The Labute approximate surface area is 182 Å². The van der Waals surface area contributed by atoms with Gasteiger partial charge in [-0.3, -0.25) is 4.79 Å². The molecule has 1 amide bonds. The molecule has 1 N–H and O–H groups in total. The van der Waals surface area contributed by atoms with E-state index in [9.17, 15) is 4.79 Å². The third-order valence-corrected chi connectivity index (χ3v) is 5.99. The average molecular weight is 425 g/mol. The van der Waals surface area contributed by atoms with Crippen LogP contribution in [-0.2, 0) is 17.3 Å². The molecule has 3 aromatic rings. The Bertz CT molecular complexity index is 1010. The number of ether oxygens (including phenoxy) is 1. The number of rotatable bonds is 6. The van der Waals surface area contributed by atoms with Crippen LogP contribution in [0.2, 0.25) is 0 Å². The lowest BCUT2D eigenvalue weighted by Gasteiger charge is -2.19. The van der Waals surface area contributed by atoms with E-state index >= 15 is 0 Å². The predicted molar refractivity (Wildman–Crippen MR) is 122 cm³/mol. The maximum atomic E-state index is 12.6. The summed E-state index contributed by atoms with van der Waals surface area (Å²) >= 11 is 1.38. The van der Waals surface area contributed by atoms with Gasteiger partial charge in [-0.2, -0.15) is 0 Å². The van der Waals surface area contributed by atoms with Crippen molar-refractivity contribution in [2.24, 2.45) is 7.05 Å². The van der Waals surface area contributed by atoms with Crippen LogP contribution in [0.3, 0.4) is 0 Å². The summed E-state index contributed by atoms with van der Waals surface area (Å²) in [6, 6.07) is 15.6. The minimum Gasteiger partial charge on any atom is -0.497 e. The lowest BCUT2D eigenvalue weighted by molar-refractivity contribution is -0.115. The Balaban J connectivity index is 1.68. The lowest BCUT2D eigenvalue weighted by atomic mass is 9.87. The van der Waals surface area contributed by atoms with Gasteiger partial charge in [0.1, 0.15) is 5.75 Å². The summed E-state index contributed by atoms with van der Waals surface area (Å²) < 4.78 is 7.07. The molecular weight excluding hydrogens is 396 g/mol. The first kappa shape index (κ1) is 21.9. The second kappa shape index (κ2) is 8.92. The maximum absolute atomic E-state index is 12.6. The van der Waals surface area contributed by atoms with Gasteiger partial charge in [0.25, 0.3) is 0 Å². The maximum Gasteiger partial charge on any atom is 0.237 e. The van der Waals surface area contributed by atoms with E-state index in [0.717, 1.165) is 22.8 Å². The third-order valence-electron chi connectivity index (χ3n) is 4.85. The Morgan fingerprint density at radius 2 is 1.70 bits per heavy atom. The van der Waals surface area contributed by atoms with Gasteiger partial charge >= 0.3 is 0 Å². The Kier molecular flexibility index (Phi) is 6.51. The number of amides is 1. The number of methoxy groups -OCH3 is 1. The Morgan fingerprint density at radius 1 is 1.07 bits per heavy atom. The van der Waals surface area contributed by atoms with Crippen molar-refractivity contribution in [3.63, 3.8) is 0 Å². The van der Waals surface area contributed by atoms with Crippen molar-refractivity contribution in [2.45, 2.75) is 43.5 Å². The van der Waals surface area contributed by atoms with Gasteiger partial charge in [-0.25, -0.2) is 0 Å². The zero-order valence-electron chi connectivity index (χ0n) is 18.3. The van der Waals surface area contributed by atoms with Gasteiger partial charge in [-0.15, -0.1) is 10.2 Å². The monoisotopic (exact) mass is 424 g/mol. The highest BCUT2D eigenvalue weighted by atomic mass is 32.2. The topological polar surface area (TPSA) is 69.0 Å². The van der Waals surface area contributed by atoms with E-state index in [1.165, 1.54) is 17.3 Å². The van der Waals surface area contributed by atoms with E-state index in [2.05, 4.69) is 60.6 Å². The lowest BCUT2D eigenvalue weighted by Crippen LogP contribution is -2.22. The number of anilines is 1. The number of hydrogen-bond acceptors (Lipinski definition) is 5. The molecule has 0 unspecified atom stereocenters. The van der Waals surface area contributed by atoms with E-state index in [-0.39, 0.29) is 16.6 Å². The predicted octanol–water partition coefficient (Wildman–Crippen LogP) is 4.91. The number of nitrogens with zero attached hydrogens (tertiary/aromatic N) is 3. The minimum absolute atomic E-state index is 0.0933. The van der Waals surface area contributed by atoms with Crippen LogP contribution in [0.1, 0.15) is 33.3 Å². The highest BCUT2D eigenvalue weighted by molar-refractivity contribution is 8.00. The number of aromatic nitrogens is 3. The van der Waals surface area contributed by atoms with Crippen LogP contribution in [0.15, 0.2) is 53.7 Å². The number of carbonyl (C=O) groups excluding carboxylic acids is 1. The van der Waals surface area contributed by atoms with Crippen LogP contribution in [0.25, 0.3) is 11.4 Å². The summed E-state index contributed by atoms with van der Waals surface area (Å²) in [7, 11) is 3.53. The Morgan fingerprint density at radius 3 is 2.27 bits per heavy atom. The van der Waals surface area contributed by atoms with E-state index in [1.807, 2.05) is 42.8 Å². The smallest absolute Gasteiger partial charge is 0.237 e. The average Bonchev–Trinajstić information content (AvgIpc) is 3.08. The number of thioether (sulfide) groups is 1. The standard InChI is InChI=1S/C23H28N4O2S/c1-15(21(28)24-18-11-13-19(29-6)14-12-18)30-22-26-25-20(27(22)5)16-7-9-17(10-8-16)23(2,3)4/h7-15H,1-6H3,(H,24,28)/t15-/m0/s1. The molecule has 6 nitrogen and oxygen atoms in total. The summed E-state index contributed by atoms with van der Waals surface area (Å²) in [5.74, 6) is 1.43. The highest BCUT2D eigenvalue weighted by Crippen LogP contribution is 2.28. The second-order valence-electron chi connectivity index (χ2n) is 8.17. The zero-order chi connectivity index (χ0) is 21.9. The molecule has 0 spiro atoms. The molecule has 2 aromatic carbocycles. The number of benzene rings is 2. The summed E-state index contributed by atoms with van der Waals surface area (Å²) in [5.41, 5.74) is 3.10. The fourth-order valence-corrected chi connectivity index (χ4v) is 3.73. The van der Waals surface area contributed by atoms with Crippen LogP contribution in [0, 0.1) is 0 Å². The number of carbonyl (C=O) groups is 1. The molecule has 1 heterocycles. The fraction of sp³-hybridized carbons (Fsp3) is 0.348. The van der Waals surface area contributed by atoms with Crippen molar-refractivity contribution < 1.29 is 9.53 Å². The second-order valence-corrected chi connectivity index (χ2v) is 9.48. The molecule has 7 heteroatoms. The number of nitrogens with one attached hydrogen (secondary N) is 1. The Hall–Kier alpha value is -2.80. The molecule has 3 rings (SSSR count). The fourth-order valence-electron chi connectivity index (χ4n) is 2.92. The van der Waals surface area contributed by atoms with Crippen molar-refractivity contribution in [3.8, 4) is 17.1 Å². The summed E-state index contributed by atoms with van der Waals surface area (Å²) in [6.45, 7) is 8.43. The molecule has 0 saturated heterocycles. The van der Waals surface area contributed by atoms with Crippen LogP contribution < -0.4 is 10.1 Å². The number of hydrogen-bond donors (Lipinski definition) is 1. The van der Waals surface area contributed by atoms with Crippen LogP contribution in [0.5, 0.6) is 5.75 Å². The van der Waals surface area contributed by atoms with E-state index in [1.54, 1.807) is 7.11 Å². The largest absolute Gasteiger partial charge is 0.497 e. The van der Waals surface area contributed by atoms with Gasteiger partial charge in [-0.05, 0) is 42.2 Å². The normalized spacial score (nSPS) is 12.5. The van der Waals surface area contributed by atoms with Crippen molar-refractivity contribution in [1.82, 2.24) is 14.8 Å². The van der Waals surface area contributed by atoms with Crippen LogP contribution in [-0.4, -0.2) is 33.0 Å². The summed E-state index contributed by atoms with van der Waals surface area (Å²) in [5, 5.41) is 11.9. The van der Waals surface area contributed by atoms with E-state index in [4.69, 9.17) is 4.74 Å². The molecule has 0 aliphatic carbocycles. The third kappa shape index (κ3) is 5.02. The van der Waals surface area contributed by atoms with Gasteiger partial charge < -0.3 is 14.6 Å². The molecule has 0 radical (unpaired) electrons. The molecule has 0 aliphatic rings. The first-order chi connectivity index (χ1) is 14.2. The van der Waals surface area contributed by atoms with Crippen molar-refractivity contribution in [1.29, 1.82) is 0 Å². The van der Waals surface area contributed by atoms with Crippen molar-refractivity contribution in [3.05, 3.63) is 54.1 Å². The molecule has 0 fully saturated rings. The molecule has 1 atom stereocenters. The van der Waals surface area contributed by atoms with Gasteiger partial charge in [0.2, 0.25) is 5.91 Å². The first-order valence-electron chi connectivity index (χ1n) is 9.81. The first-order valence-corrected chi connectivity index (χ1v) is 10.7. The SMILES string of the molecule is COc1ccc(NC(=O)[C@H](C)Sc2nnc(-c3ccc(C(C)(C)C)cc3)n2C)cc1. The van der Waals surface area contributed by atoms with Gasteiger partial charge in [0, 0.05) is 18.3 Å². The van der Waals surface area contributed by atoms with Crippen molar-refractivity contribution in [2.75, 3.05) is 12.4 Å². The van der Waals surface area contributed by atoms with Gasteiger partial charge in [0.05, 0.1) is 12.4 Å². The van der Waals surface area contributed by atoms with Crippen molar-refractivity contribution >= 4 is 23.4 Å². The van der Waals surface area contributed by atoms with E-state index < -0.39 is 0 Å². The summed E-state index contributed by atoms with van der Waals surface area (Å²) in [6.07, 6.45) is 0. The molecule has 0 bridgehead atoms. The van der Waals surface area contributed by atoms with Crippen LogP contribution in [0.4, 0.5) is 5.69 Å². The van der Waals surface area contributed by atoms with E-state index in [0.29, 0.717) is 5.16 Å². The molecule has 1 aromatic heterocycles. The summed E-state index contributed by atoms with van der Waals surface area (Å²) in [4.78, 5) is 12.6. The van der Waals surface area contributed by atoms with Gasteiger partial charge in [0.15, 0.2) is 11.0 Å². The van der Waals surface area contributed by atoms with Crippen LogP contribution >= 0.6 is 11.8 Å². The molecule has 158 valence electrons. The molecule has 30 heavy (non-hydrogen) atoms. The zero-order valence-corrected chi connectivity index (χ0v) is 19.1. The van der Waals surface area contributed by atoms with Gasteiger partial charge in [-0.1, -0.05) is 56.8 Å². The molecular formula is C23H28N4O2S. The molecule has 0 saturated carbocycles. The highest BCUT2D eigenvalue weighted by Gasteiger charge is 2.20. The quantitative estimate of drug-likeness (QED) is 0.570.